The molecule has 0 radical (unpaired) electrons. The molecule has 0 saturated carbocycles. The van der Waals surface area contributed by atoms with Gasteiger partial charge in [-0.25, -0.2) is 0 Å². The monoisotopic (exact) mass is 175 g/mol. The second-order valence-electron chi connectivity index (χ2n) is 2.90. The molecule has 0 bridgehead atoms. The highest BCUT2D eigenvalue weighted by Gasteiger charge is 2.06. The lowest BCUT2D eigenvalue weighted by molar-refractivity contribution is 0.426. The zero-order valence-corrected chi connectivity index (χ0v) is 7.19. The van der Waals surface area contributed by atoms with Crippen molar-refractivity contribution in [3.05, 3.63) is 36.0 Å². The fourth-order valence-electron chi connectivity index (χ4n) is 1.20. The van der Waals surface area contributed by atoms with E-state index in [9.17, 15) is 5.11 Å². The van der Waals surface area contributed by atoms with E-state index >= 15 is 0 Å². The topological polar surface area (TPSA) is 46.3 Å². The Morgan fingerprint density at radius 3 is 2.85 bits per heavy atom. The van der Waals surface area contributed by atoms with Crippen LogP contribution in [0.1, 0.15) is 5.56 Å². The summed E-state index contributed by atoms with van der Waals surface area (Å²) in [5.74, 6) is 0.795. The summed E-state index contributed by atoms with van der Waals surface area (Å²) in [6, 6.07) is 7.06. The van der Waals surface area contributed by atoms with Crippen LogP contribution >= 0.6 is 0 Å². The first-order valence-electron chi connectivity index (χ1n) is 3.98. The van der Waals surface area contributed by atoms with Crippen molar-refractivity contribution >= 4 is 0 Å². The lowest BCUT2D eigenvalue weighted by atomic mass is 10.1. The van der Waals surface area contributed by atoms with Gasteiger partial charge in [0.25, 0.3) is 0 Å². The van der Waals surface area contributed by atoms with Crippen molar-refractivity contribution in [2.75, 3.05) is 0 Å². The predicted octanol–water partition coefficient (Wildman–Crippen LogP) is 2.36. The van der Waals surface area contributed by atoms with Gasteiger partial charge in [0.1, 0.15) is 5.75 Å². The average Bonchev–Trinajstić information content (AvgIpc) is 2.61. The molecular formula is C10H9NO2. The smallest absolute Gasteiger partial charge is 0.170 e. The molecule has 0 aliphatic heterocycles. The molecule has 66 valence electrons. The molecule has 0 atom stereocenters. The van der Waals surface area contributed by atoms with E-state index in [1.807, 2.05) is 19.1 Å². The maximum Gasteiger partial charge on any atom is 0.170 e. The Kier molecular flexibility index (Phi) is 1.77. The van der Waals surface area contributed by atoms with Gasteiger partial charge in [-0.3, -0.25) is 0 Å². The van der Waals surface area contributed by atoms with Gasteiger partial charge in [-0.1, -0.05) is 16.8 Å². The number of nitrogens with zero attached hydrogens (tertiary/aromatic N) is 1. The molecule has 1 aromatic carbocycles. The number of hydrogen-bond acceptors (Lipinski definition) is 3. The molecule has 2 rings (SSSR count). The first-order valence-corrected chi connectivity index (χ1v) is 3.98. The van der Waals surface area contributed by atoms with Crippen molar-refractivity contribution in [3.63, 3.8) is 0 Å². The maximum absolute atomic E-state index is 9.52. The highest BCUT2D eigenvalue weighted by atomic mass is 16.5. The molecule has 0 unspecified atom stereocenters. The molecule has 0 aliphatic rings. The third-order valence-corrected chi connectivity index (χ3v) is 1.86. The predicted molar refractivity (Wildman–Crippen MR) is 48.3 cm³/mol. The van der Waals surface area contributed by atoms with Crippen LogP contribution in [0.5, 0.6) is 5.75 Å². The van der Waals surface area contributed by atoms with E-state index in [2.05, 4.69) is 5.16 Å². The summed E-state index contributed by atoms with van der Waals surface area (Å²) in [4.78, 5) is 0. The lowest BCUT2D eigenvalue weighted by Crippen LogP contribution is -1.78. The number of benzene rings is 1. The van der Waals surface area contributed by atoms with Crippen LogP contribution < -0.4 is 0 Å². The molecule has 3 heteroatoms. The van der Waals surface area contributed by atoms with Crippen LogP contribution in [0.4, 0.5) is 0 Å². The molecule has 2 aromatic rings. The minimum absolute atomic E-state index is 0.211. The number of aromatic hydroxyl groups is 1. The fraction of sp³-hybridized carbons (Fsp3) is 0.100. The molecule has 1 aromatic heterocycles. The highest BCUT2D eigenvalue weighted by molar-refractivity contribution is 5.65. The number of rotatable bonds is 1. The van der Waals surface area contributed by atoms with Crippen LogP contribution in [0, 0.1) is 6.92 Å². The number of phenolic OH excluding ortho intramolecular Hbond substituents is 1. The zero-order valence-electron chi connectivity index (χ0n) is 7.19. The molecule has 3 nitrogen and oxygen atoms in total. The largest absolute Gasteiger partial charge is 0.507 e. The van der Waals surface area contributed by atoms with Crippen LogP contribution in [0.3, 0.4) is 0 Å². The minimum atomic E-state index is 0.211. The SMILES string of the molecule is Cc1ccc(O)c(-c2ccno2)c1. The number of aromatic nitrogens is 1. The summed E-state index contributed by atoms with van der Waals surface area (Å²) < 4.78 is 4.95. The van der Waals surface area contributed by atoms with Crippen LogP contribution in [0.2, 0.25) is 0 Å². The van der Waals surface area contributed by atoms with E-state index in [1.54, 1.807) is 18.3 Å². The van der Waals surface area contributed by atoms with Crippen LogP contribution in [0.25, 0.3) is 11.3 Å². The Bertz CT molecular complexity index is 407. The summed E-state index contributed by atoms with van der Waals surface area (Å²) in [7, 11) is 0. The van der Waals surface area contributed by atoms with Crippen molar-refractivity contribution in [2.24, 2.45) is 0 Å². The molecule has 0 fully saturated rings. The van der Waals surface area contributed by atoms with Gasteiger partial charge >= 0.3 is 0 Å². The van der Waals surface area contributed by atoms with Gasteiger partial charge in [0.2, 0.25) is 0 Å². The minimum Gasteiger partial charge on any atom is -0.507 e. The third kappa shape index (κ3) is 1.40. The fourth-order valence-corrected chi connectivity index (χ4v) is 1.20. The van der Waals surface area contributed by atoms with Crippen molar-refractivity contribution in [1.82, 2.24) is 5.16 Å². The van der Waals surface area contributed by atoms with E-state index in [1.165, 1.54) is 0 Å². The van der Waals surface area contributed by atoms with Gasteiger partial charge < -0.3 is 9.63 Å². The third-order valence-electron chi connectivity index (χ3n) is 1.86. The molecular weight excluding hydrogens is 166 g/mol. The molecule has 13 heavy (non-hydrogen) atoms. The van der Waals surface area contributed by atoms with Crippen molar-refractivity contribution in [2.45, 2.75) is 6.92 Å². The summed E-state index contributed by atoms with van der Waals surface area (Å²) in [6.45, 7) is 1.96. The molecule has 1 heterocycles. The van der Waals surface area contributed by atoms with E-state index < -0.39 is 0 Å². The van der Waals surface area contributed by atoms with E-state index in [-0.39, 0.29) is 5.75 Å². The Balaban J connectivity index is 2.57. The molecule has 0 saturated heterocycles. The second kappa shape index (κ2) is 2.94. The van der Waals surface area contributed by atoms with Crippen molar-refractivity contribution in [3.8, 4) is 17.1 Å². The number of hydrogen-bond donors (Lipinski definition) is 1. The Morgan fingerprint density at radius 1 is 1.31 bits per heavy atom. The highest BCUT2D eigenvalue weighted by Crippen LogP contribution is 2.29. The van der Waals surface area contributed by atoms with Gasteiger partial charge in [0.15, 0.2) is 5.76 Å². The Hall–Kier alpha value is -1.77. The quantitative estimate of drug-likeness (QED) is 0.723. The van der Waals surface area contributed by atoms with Gasteiger partial charge in [-0.05, 0) is 19.1 Å². The lowest BCUT2D eigenvalue weighted by Gasteiger charge is -2.00. The number of aryl methyl sites for hydroxylation is 1. The molecule has 0 amide bonds. The first-order chi connectivity index (χ1) is 6.27. The molecule has 0 aliphatic carbocycles. The zero-order chi connectivity index (χ0) is 9.26. The Labute approximate surface area is 75.6 Å². The maximum atomic E-state index is 9.52. The van der Waals surface area contributed by atoms with E-state index in [0.29, 0.717) is 11.3 Å². The standard InChI is InChI=1S/C10H9NO2/c1-7-2-3-9(12)8(6-7)10-4-5-11-13-10/h2-6,12H,1H3. The normalized spacial score (nSPS) is 10.2. The van der Waals surface area contributed by atoms with Gasteiger partial charge in [0.05, 0.1) is 11.8 Å². The summed E-state index contributed by atoms with van der Waals surface area (Å²) in [5.41, 5.74) is 1.75. The van der Waals surface area contributed by atoms with E-state index in [4.69, 9.17) is 4.52 Å². The number of phenols is 1. The van der Waals surface area contributed by atoms with Gasteiger partial charge in [-0.15, -0.1) is 0 Å². The summed E-state index contributed by atoms with van der Waals surface area (Å²) >= 11 is 0. The van der Waals surface area contributed by atoms with Crippen molar-refractivity contribution < 1.29 is 9.63 Å². The summed E-state index contributed by atoms with van der Waals surface area (Å²) in [5, 5.41) is 13.1. The van der Waals surface area contributed by atoms with E-state index in [0.717, 1.165) is 5.56 Å². The average molecular weight is 175 g/mol. The van der Waals surface area contributed by atoms with Gasteiger partial charge in [-0.2, -0.15) is 0 Å². The molecule has 0 spiro atoms. The summed E-state index contributed by atoms with van der Waals surface area (Å²) in [6.07, 6.45) is 1.55. The van der Waals surface area contributed by atoms with Crippen LogP contribution in [-0.2, 0) is 0 Å². The molecule has 1 N–H and O–H groups in total. The Morgan fingerprint density at radius 2 is 2.15 bits per heavy atom. The first kappa shape index (κ1) is 7.86. The van der Waals surface area contributed by atoms with Crippen LogP contribution in [0.15, 0.2) is 35.0 Å². The second-order valence-corrected chi connectivity index (χ2v) is 2.90. The van der Waals surface area contributed by atoms with Gasteiger partial charge in [0, 0.05) is 6.07 Å². The van der Waals surface area contributed by atoms with Crippen LogP contribution in [-0.4, -0.2) is 10.3 Å². The van der Waals surface area contributed by atoms with Crippen molar-refractivity contribution in [1.29, 1.82) is 0 Å².